The molecule has 1 unspecified atom stereocenters. The highest BCUT2D eigenvalue weighted by molar-refractivity contribution is 7.80. The van der Waals surface area contributed by atoms with Crippen LogP contribution in [0.15, 0.2) is 65.4 Å². The zero-order valence-electron chi connectivity index (χ0n) is 18.2. The molecule has 2 aromatic carbocycles. The minimum Gasteiger partial charge on any atom is -0.378 e. The van der Waals surface area contributed by atoms with Crippen molar-refractivity contribution in [1.29, 1.82) is 0 Å². The van der Waals surface area contributed by atoms with Crippen LogP contribution in [-0.2, 0) is 0 Å². The molecule has 0 bridgehead atoms. The van der Waals surface area contributed by atoms with Crippen molar-refractivity contribution in [3.8, 4) is 0 Å². The van der Waals surface area contributed by atoms with Crippen LogP contribution in [0.3, 0.4) is 0 Å². The summed E-state index contributed by atoms with van der Waals surface area (Å²) in [5.41, 5.74) is 8.86. The van der Waals surface area contributed by atoms with E-state index in [9.17, 15) is 0 Å². The summed E-state index contributed by atoms with van der Waals surface area (Å²) >= 11 is 5.58. The van der Waals surface area contributed by atoms with E-state index >= 15 is 0 Å². The normalized spacial score (nSPS) is 19.8. The second-order valence-corrected chi connectivity index (χ2v) is 8.84. The lowest BCUT2D eigenvalue weighted by Crippen LogP contribution is -2.45. The molecule has 0 saturated carbocycles. The van der Waals surface area contributed by atoms with Crippen LogP contribution in [-0.4, -0.2) is 33.3 Å². The lowest BCUT2D eigenvalue weighted by molar-refractivity contribution is 0.609. The minimum atomic E-state index is 0.129. The highest BCUT2D eigenvalue weighted by Gasteiger charge is 2.30. The molecule has 156 valence electrons. The number of nitrogens with zero attached hydrogens (tertiary/aromatic N) is 2. The molecule has 1 aliphatic heterocycles. The molecule has 0 fully saturated rings. The van der Waals surface area contributed by atoms with Crippen molar-refractivity contribution in [2.75, 3.05) is 38.0 Å². The number of allylic oxidation sites excluding steroid dienone is 1. The first-order chi connectivity index (χ1) is 14.4. The predicted octanol–water partition coefficient (Wildman–Crippen LogP) is 4.86. The zero-order chi connectivity index (χ0) is 21.3. The summed E-state index contributed by atoms with van der Waals surface area (Å²) in [5, 5.41) is 7.66. The molecule has 30 heavy (non-hydrogen) atoms. The quantitative estimate of drug-likeness (QED) is 0.693. The summed E-state index contributed by atoms with van der Waals surface area (Å²) in [6.45, 7) is 0. The second kappa shape index (κ2) is 8.52. The SMILES string of the molecule is CN(C)c1ccc(C=C2CCCC3=C2NC(=S)NC3c2ccc(N(C)C)cc2)cc1. The first-order valence-corrected chi connectivity index (χ1v) is 10.9. The summed E-state index contributed by atoms with van der Waals surface area (Å²) in [7, 11) is 8.27. The average Bonchev–Trinajstić information content (AvgIpc) is 2.74. The van der Waals surface area contributed by atoms with Crippen LogP contribution in [0.4, 0.5) is 11.4 Å². The molecule has 0 spiro atoms. The molecule has 1 atom stereocenters. The predicted molar refractivity (Wildman–Crippen MR) is 132 cm³/mol. The number of anilines is 2. The molecule has 0 saturated heterocycles. The van der Waals surface area contributed by atoms with Crippen molar-refractivity contribution >= 4 is 34.8 Å². The van der Waals surface area contributed by atoms with Crippen LogP contribution in [0.1, 0.15) is 36.4 Å². The Kier molecular flexibility index (Phi) is 5.82. The van der Waals surface area contributed by atoms with Crippen LogP contribution in [0.2, 0.25) is 0 Å². The molecule has 0 amide bonds. The fourth-order valence-electron chi connectivity index (χ4n) is 4.21. The van der Waals surface area contributed by atoms with Crippen molar-refractivity contribution in [3.63, 3.8) is 0 Å². The van der Waals surface area contributed by atoms with Crippen LogP contribution in [0, 0.1) is 0 Å². The van der Waals surface area contributed by atoms with Crippen molar-refractivity contribution in [1.82, 2.24) is 10.6 Å². The van der Waals surface area contributed by atoms with Gasteiger partial charge in [-0.05, 0) is 84.1 Å². The van der Waals surface area contributed by atoms with Gasteiger partial charge in [0.05, 0.1) is 6.04 Å². The Morgan fingerprint density at radius 3 is 2.07 bits per heavy atom. The van der Waals surface area contributed by atoms with Crippen molar-refractivity contribution in [2.45, 2.75) is 25.3 Å². The number of benzene rings is 2. The summed E-state index contributed by atoms with van der Waals surface area (Å²) in [4.78, 5) is 4.25. The van der Waals surface area contributed by atoms with E-state index in [0.29, 0.717) is 5.11 Å². The Hall–Kier alpha value is -2.79. The largest absolute Gasteiger partial charge is 0.378 e. The number of nitrogens with one attached hydrogen (secondary N) is 2. The number of thiocarbonyl (C=S) groups is 1. The molecule has 1 heterocycles. The van der Waals surface area contributed by atoms with Crippen molar-refractivity contribution in [2.24, 2.45) is 0 Å². The van der Waals surface area contributed by atoms with Gasteiger partial charge in [0, 0.05) is 45.3 Å². The fraction of sp³-hybridized carbons (Fsp3) is 0.320. The lowest BCUT2D eigenvalue weighted by Gasteiger charge is -2.36. The third-order valence-electron chi connectivity index (χ3n) is 5.89. The molecule has 2 aliphatic rings. The Balaban J connectivity index is 1.68. The second-order valence-electron chi connectivity index (χ2n) is 8.43. The summed E-state index contributed by atoms with van der Waals surface area (Å²) in [5.74, 6) is 0. The van der Waals surface area contributed by atoms with E-state index < -0.39 is 0 Å². The first kappa shape index (κ1) is 20.5. The van der Waals surface area contributed by atoms with Gasteiger partial charge in [0.2, 0.25) is 0 Å². The maximum Gasteiger partial charge on any atom is 0.171 e. The van der Waals surface area contributed by atoms with Gasteiger partial charge in [-0.25, -0.2) is 0 Å². The Bertz CT molecular complexity index is 985. The first-order valence-electron chi connectivity index (χ1n) is 10.5. The van der Waals surface area contributed by atoms with Crippen molar-refractivity contribution < 1.29 is 0 Å². The van der Waals surface area contributed by atoms with Gasteiger partial charge in [0.1, 0.15) is 0 Å². The molecular formula is C25H30N4S. The molecular weight excluding hydrogens is 388 g/mol. The van der Waals surface area contributed by atoms with E-state index in [1.807, 2.05) is 0 Å². The average molecular weight is 419 g/mol. The Morgan fingerprint density at radius 1 is 0.867 bits per heavy atom. The molecule has 2 aromatic rings. The maximum absolute atomic E-state index is 5.58. The van der Waals surface area contributed by atoms with Gasteiger partial charge in [-0.3, -0.25) is 0 Å². The minimum absolute atomic E-state index is 0.129. The molecule has 2 N–H and O–H groups in total. The lowest BCUT2D eigenvalue weighted by atomic mass is 9.83. The standard InChI is InChI=1S/C25H30N4S/c1-28(2)20-12-8-17(9-13-20)16-19-6-5-7-22-23(26-25(30)27-24(19)22)18-10-14-21(15-11-18)29(3)4/h8-16,23H,5-7H2,1-4H3,(H2,26,27,30). The van der Waals surface area contributed by atoms with E-state index in [2.05, 4.69) is 103 Å². The highest BCUT2D eigenvalue weighted by Crippen LogP contribution is 2.39. The van der Waals surface area contributed by atoms with Crippen LogP contribution < -0.4 is 20.4 Å². The molecule has 4 rings (SSSR count). The number of rotatable bonds is 4. The van der Waals surface area contributed by atoms with E-state index in [4.69, 9.17) is 12.2 Å². The maximum atomic E-state index is 5.58. The van der Waals surface area contributed by atoms with E-state index in [1.165, 1.54) is 39.3 Å². The zero-order valence-corrected chi connectivity index (χ0v) is 19.0. The van der Waals surface area contributed by atoms with Gasteiger partial charge >= 0.3 is 0 Å². The van der Waals surface area contributed by atoms with Gasteiger partial charge in [0.15, 0.2) is 5.11 Å². The van der Waals surface area contributed by atoms with Crippen LogP contribution >= 0.6 is 12.2 Å². The fourth-order valence-corrected chi connectivity index (χ4v) is 4.43. The summed E-state index contributed by atoms with van der Waals surface area (Å²) in [6.07, 6.45) is 5.61. The Morgan fingerprint density at radius 2 is 1.47 bits per heavy atom. The van der Waals surface area contributed by atoms with Gasteiger partial charge in [-0.2, -0.15) is 0 Å². The summed E-state index contributed by atoms with van der Waals surface area (Å²) in [6, 6.07) is 17.6. The highest BCUT2D eigenvalue weighted by atomic mass is 32.1. The van der Waals surface area contributed by atoms with Crippen LogP contribution in [0.25, 0.3) is 6.08 Å². The van der Waals surface area contributed by atoms with Gasteiger partial charge in [0.25, 0.3) is 0 Å². The van der Waals surface area contributed by atoms with E-state index in [1.54, 1.807) is 0 Å². The van der Waals surface area contributed by atoms with Crippen molar-refractivity contribution in [3.05, 3.63) is 76.5 Å². The smallest absolute Gasteiger partial charge is 0.171 e. The number of hydrogen-bond acceptors (Lipinski definition) is 3. The Labute approximate surface area is 185 Å². The molecule has 5 heteroatoms. The van der Waals surface area contributed by atoms with Gasteiger partial charge in [-0.1, -0.05) is 24.3 Å². The summed E-state index contributed by atoms with van der Waals surface area (Å²) < 4.78 is 0. The third-order valence-corrected chi connectivity index (χ3v) is 6.11. The monoisotopic (exact) mass is 418 g/mol. The molecule has 4 nitrogen and oxygen atoms in total. The number of hydrogen-bond donors (Lipinski definition) is 2. The molecule has 0 radical (unpaired) electrons. The third kappa shape index (κ3) is 4.21. The van der Waals surface area contributed by atoms with E-state index in [0.717, 1.165) is 19.3 Å². The molecule has 1 aliphatic carbocycles. The van der Waals surface area contributed by atoms with Crippen LogP contribution in [0.5, 0.6) is 0 Å². The molecule has 0 aromatic heterocycles. The van der Waals surface area contributed by atoms with Gasteiger partial charge < -0.3 is 20.4 Å². The topological polar surface area (TPSA) is 30.5 Å². The van der Waals surface area contributed by atoms with E-state index in [-0.39, 0.29) is 6.04 Å². The van der Waals surface area contributed by atoms with Gasteiger partial charge in [-0.15, -0.1) is 0 Å².